The van der Waals surface area contributed by atoms with Gasteiger partial charge in [-0.05, 0) is 80.3 Å². The summed E-state index contributed by atoms with van der Waals surface area (Å²) in [7, 11) is 0. The summed E-state index contributed by atoms with van der Waals surface area (Å²) < 4.78 is 6.41. The summed E-state index contributed by atoms with van der Waals surface area (Å²) in [4.78, 5) is 11.8. The fourth-order valence-electron chi connectivity index (χ4n) is 2.81. The molecule has 6 heteroatoms. The van der Waals surface area contributed by atoms with Gasteiger partial charge in [0.1, 0.15) is 5.60 Å². The summed E-state index contributed by atoms with van der Waals surface area (Å²) >= 11 is 8.30. The van der Waals surface area contributed by atoms with Gasteiger partial charge < -0.3 is 15.4 Å². The van der Waals surface area contributed by atoms with Crippen molar-refractivity contribution in [1.82, 2.24) is 5.32 Å². The first-order valence-electron chi connectivity index (χ1n) is 7.93. The SMILES string of the molecule is CC(C)(C)OC(=O)NCC1CCCC1Nc1ccc(Cl)cc1I. The van der Waals surface area contributed by atoms with Crippen LogP contribution >= 0.6 is 34.2 Å². The first-order chi connectivity index (χ1) is 10.7. The van der Waals surface area contributed by atoms with Gasteiger partial charge in [0, 0.05) is 26.9 Å². The molecular weight excluding hydrogens is 427 g/mol. The zero-order valence-electron chi connectivity index (χ0n) is 13.8. The van der Waals surface area contributed by atoms with Gasteiger partial charge in [-0.1, -0.05) is 18.0 Å². The quantitative estimate of drug-likeness (QED) is 0.631. The van der Waals surface area contributed by atoms with E-state index in [1.807, 2.05) is 39.0 Å². The Morgan fingerprint density at radius 1 is 1.39 bits per heavy atom. The number of nitrogens with one attached hydrogen (secondary N) is 2. The van der Waals surface area contributed by atoms with E-state index in [1.54, 1.807) is 0 Å². The molecule has 1 aromatic carbocycles. The number of benzene rings is 1. The van der Waals surface area contributed by atoms with Crippen LogP contribution in [0.1, 0.15) is 40.0 Å². The number of alkyl carbamates (subject to hydrolysis) is 1. The highest BCUT2D eigenvalue weighted by Crippen LogP contribution is 2.30. The number of ether oxygens (including phenoxy) is 1. The van der Waals surface area contributed by atoms with Crippen LogP contribution in [0.4, 0.5) is 10.5 Å². The van der Waals surface area contributed by atoms with E-state index >= 15 is 0 Å². The van der Waals surface area contributed by atoms with Crippen LogP contribution < -0.4 is 10.6 Å². The van der Waals surface area contributed by atoms with Crippen molar-refractivity contribution in [3.63, 3.8) is 0 Å². The Bertz CT molecular complexity index is 560. The molecule has 0 heterocycles. The fraction of sp³-hybridized carbons (Fsp3) is 0.588. The minimum Gasteiger partial charge on any atom is -0.444 e. The lowest BCUT2D eigenvalue weighted by molar-refractivity contribution is 0.0519. The number of halogens is 2. The third-order valence-electron chi connectivity index (χ3n) is 3.84. The molecule has 0 aromatic heterocycles. The molecule has 1 amide bonds. The van der Waals surface area contributed by atoms with Gasteiger partial charge in [0.2, 0.25) is 0 Å². The monoisotopic (exact) mass is 450 g/mol. The maximum atomic E-state index is 11.8. The Kier molecular flexibility index (Phi) is 6.42. The molecule has 0 bridgehead atoms. The van der Waals surface area contributed by atoms with Crippen LogP contribution in [0.2, 0.25) is 5.02 Å². The predicted octanol–water partition coefficient (Wildman–Crippen LogP) is 5.05. The maximum Gasteiger partial charge on any atom is 0.407 e. The molecule has 1 saturated carbocycles. The van der Waals surface area contributed by atoms with Crippen molar-refractivity contribution in [1.29, 1.82) is 0 Å². The van der Waals surface area contributed by atoms with Gasteiger partial charge in [0.15, 0.2) is 0 Å². The molecule has 0 saturated heterocycles. The van der Waals surface area contributed by atoms with E-state index in [0.717, 1.165) is 27.1 Å². The molecule has 0 spiro atoms. The number of rotatable bonds is 4. The summed E-state index contributed by atoms with van der Waals surface area (Å²) in [6.07, 6.45) is 3.05. The van der Waals surface area contributed by atoms with Crippen LogP contribution in [-0.2, 0) is 4.74 Å². The zero-order chi connectivity index (χ0) is 17.0. The van der Waals surface area contributed by atoms with Crippen molar-refractivity contribution < 1.29 is 9.53 Å². The van der Waals surface area contributed by atoms with Gasteiger partial charge in [0.25, 0.3) is 0 Å². The molecule has 2 atom stereocenters. The molecule has 128 valence electrons. The van der Waals surface area contributed by atoms with Crippen LogP contribution in [0.5, 0.6) is 0 Å². The lowest BCUT2D eigenvalue weighted by Crippen LogP contribution is -2.38. The topological polar surface area (TPSA) is 50.4 Å². The standard InChI is InChI=1S/C17H24ClIN2O2/c1-17(2,3)23-16(22)20-10-11-5-4-6-14(11)21-15-8-7-12(18)9-13(15)19/h7-9,11,14,21H,4-6,10H2,1-3H3,(H,20,22). The van der Waals surface area contributed by atoms with Gasteiger partial charge >= 0.3 is 6.09 Å². The fourth-order valence-corrected chi connectivity index (χ4v) is 3.83. The molecule has 1 aliphatic carbocycles. The summed E-state index contributed by atoms with van der Waals surface area (Å²) in [5, 5.41) is 7.24. The summed E-state index contributed by atoms with van der Waals surface area (Å²) in [6.45, 7) is 6.25. The van der Waals surface area contributed by atoms with E-state index < -0.39 is 5.60 Å². The van der Waals surface area contributed by atoms with Crippen LogP contribution in [0.3, 0.4) is 0 Å². The summed E-state index contributed by atoms with van der Waals surface area (Å²) in [6, 6.07) is 6.22. The summed E-state index contributed by atoms with van der Waals surface area (Å²) in [5.41, 5.74) is 0.640. The van der Waals surface area contributed by atoms with E-state index in [1.165, 1.54) is 6.42 Å². The number of carbonyl (C=O) groups excluding carboxylic acids is 1. The minimum atomic E-state index is -0.461. The van der Waals surface area contributed by atoms with Gasteiger partial charge in [-0.15, -0.1) is 0 Å². The van der Waals surface area contributed by atoms with E-state index in [9.17, 15) is 4.79 Å². The second-order valence-electron chi connectivity index (χ2n) is 6.95. The number of hydrogen-bond acceptors (Lipinski definition) is 3. The van der Waals surface area contributed by atoms with Crippen molar-refractivity contribution in [3.05, 3.63) is 26.8 Å². The Hall–Kier alpha value is -0.690. The van der Waals surface area contributed by atoms with E-state index in [-0.39, 0.29) is 6.09 Å². The van der Waals surface area contributed by atoms with E-state index in [2.05, 4.69) is 33.2 Å². The molecule has 23 heavy (non-hydrogen) atoms. The first kappa shape index (κ1) is 18.6. The van der Waals surface area contributed by atoms with Crippen LogP contribution in [0, 0.1) is 9.49 Å². The molecule has 4 nitrogen and oxygen atoms in total. The first-order valence-corrected chi connectivity index (χ1v) is 9.39. The second kappa shape index (κ2) is 7.92. The van der Waals surface area contributed by atoms with Crippen molar-refractivity contribution in [2.24, 2.45) is 5.92 Å². The number of anilines is 1. The molecule has 2 unspecified atom stereocenters. The Balaban J connectivity index is 1.89. The van der Waals surface area contributed by atoms with Gasteiger partial charge in [-0.3, -0.25) is 0 Å². The normalized spacial score (nSPS) is 21.1. The van der Waals surface area contributed by atoms with Crippen molar-refractivity contribution in [2.75, 3.05) is 11.9 Å². The maximum absolute atomic E-state index is 11.8. The van der Waals surface area contributed by atoms with Crippen LogP contribution in [0.15, 0.2) is 18.2 Å². The average Bonchev–Trinajstić information content (AvgIpc) is 2.85. The predicted molar refractivity (Wildman–Crippen MR) is 103 cm³/mol. The molecule has 1 fully saturated rings. The van der Waals surface area contributed by atoms with Gasteiger partial charge in [-0.2, -0.15) is 0 Å². The molecule has 0 aliphatic heterocycles. The summed E-state index contributed by atoms with van der Waals surface area (Å²) in [5.74, 6) is 0.411. The Labute approximate surface area is 156 Å². The van der Waals surface area contributed by atoms with Crippen molar-refractivity contribution in [2.45, 2.75) is 51.7 Å². The van der Waals surface area contributed by atoms with Gasteiger partial charge in [0.05, 0.1) is 0 Å². The van der Waals surface area contributed by atoms with E-state index in [4.69, 9.17) is 16.3 Å². The van der Waals surface area contributed by atoms with Crippen LogP contribution in [0.25, 0.3) is 0 Å². The third-order valence-corrected chi connectivity index (χ3v) is 4.97. The highest BCUT2D eigenvalue weighted by Gasteiger charge is 2.28. The highest BCUT2D eigenvalue weighted by atomic mass is 127. The molecule has 1 aliphatic rings. The number of amides is 1. The Morgan fingerprint density at radius 3 is 2.78 bits per heavy atom. The van der Waals surface area contributed by atoms with Gasteiger partial charge in [-0.25, -0.2) is 4.79 Å². The molecular formula is C17H24ClIN2O2. The van der Waals surface area contributed by atoms with Crippen LogP contribution in [-0.4, -0.2) is 24.3 Å². The van der Waals surface area contributed by atoms with Crippen molar-refractivity contribution >= 4 is 46.0 Å². The zero-order valence-corrected chi connectivity index (χ0v) is 16.7. The average molecular weight is 451 g/mol. The molecule has 2 rings (SSSR count). The highest BCUT2D eigenvalue weighted by molar-refractivity contribution is 14.1. The lowest BCUT2D eigenvalue weighted by Gasteiger charge is -2.24. The molecule has 2 N–H and O–H groups in total. The second-order valence-corrected chi connectivity index (χ2v) is 8.55. The van der Waals surface area contributed by atoms with E-state index in [0.29, 0.717) is 18.5 Å². The lowest BCUT2D eigenvalue weighted by atomic mass is 10.0. The minimum absolute atomic E-state index is 0.343. The molecule has 1 aromatic rings. The molecule has 0 radical (unpaired) electrons. The number of carbonyl (C=O) groups is 1. The smallest absolute Gasteiger partial charge is 0.407 e. The largest absolute Gasteiger partial charge is 0.444 e. The Morgan fingerprint density at radius 2 is 2.13 bits per heavy atom. The third kappa shape index (κ3) is 6.03. The van der Waals surface area contributed by atoms with Crippen molar-refractivity contribution in [3.8, 4) is 0 Å². The number of hydrogen-bond donors (Lipinski definition) is 2.